The van der Waals surface area contributed by atoms with Crippen LogP contribution >= 0.6 is 0 Å². The zero-order chi connectivity index (χ0) is 17.2. The largest absolute Gasteiger partial charge is 0.367 e. The number of hydrogen-bond acceptors (Lipinski definition) is 5. The van der Waals surface area contributed by atoms with E-state index in [2.05, 4.69) is 38.0 Å². The van der Waals surface area contributed by atoms with E-state index in [1.807, 2.05) is 18.5 Å². The van der Waals surface area contributed by atoms with E-state index < -0.39 is 0 Å². The van der Waals surface area contributed by atoms with Crippen molar-refractivity contribution in [2.75, 3.05) is 31.1 Å². The van der Waals surface area contributed by atoms with Gasteiger partial charge in [0.15, 0.2) is 0 Å². The topological polar surface area (TPSA) is 65.1 Å². The molecule has 2 aromatic heterocycles. The summed E-state index contributed by atoms with van der Waals surface area (Å²) in [6, 6.07) is 4.21. The van der Waals surface area contributed by atoms with E-state index in [-0.39, 0.29) is 5.56 Å². The number of hydrogen-bond donors (Lipinski definition) is 1. The van der Waals surface area contributed by atoms with Crippen LogP contribution in [0.25, 0.3) is 0 Å². The first kappa shape index (κ1) is 16.3. The van der Waals surface area contributed by atoms with E-state index in [1.165, 1.54) is 11.3 Å². The van der Waals surface area contributed by atoms with Crippen LogP contribution in [0.15, 0.2) is 29.3 Å². The number of pyridine rings is 1. The van der Waals surface area contributed by atoms with Gasteiger partial charge in [0.2, 0.25) is 0 Å². The molecule has 0 aromatic carbocycles. The number of piperazine rings is 1. The molecule has 3 heterocycles. The molecule has 1 saturated heterocycles. The first-order chi connectivity index (χ1) is 12.3. The van der Waals surface area contributed by atoms with Gasteiger partial charge < -0.3 is 4.90 Å². The second-order valence-corrected chi connectivity index (χ2v) is 7.00. The minimum atomic E-state index is -0.00891. The van der Waals surface area contributed by atoms with Gasteiger partial charge in [0.25, 0.3) is 5.56 Å². The van der Waals surface area contributed by atoms with E-state index >= 15 is 0 Å². The van der Waals surface area contributed by atoms with Crippen LogP contribution in [0.2, 0.25) is 0 Å². The summed E-state index contributed by atoms with van der Waals surface area (Å²) in [7, 11) is 0. The molecule has 25 heavy (non-hydrogen) atoms. The van der Waals surface area contributed by atoms with Gasteiger partial charge in [-0.15, -0.1) is 0 Å². The summed E-state index contributed by atoms with van der Waals surface area (Å²) in [6.45, 7) is 6.97. The molecule has 6 heteroatoms. The summed E-state index contributed by atoms with van der Waals surface area (Å²) in [5.74, 6) is 0.433. The number of aryl methyl sites for hydroxylation is 1. The minimum Gasteiger partial charge on any atom is -0.367 e. The first-order valence-corrected chi connectivity index (χ1v) is 9.24. The molecule has 4 rings (SSSR count). The lowest BCUT2D eigenvalue weighted by Crippen LogP contribution is -2.46. The fourth-order valence-electron chi connectivity index (χ4n) is 3.74. The Hall–Kier alpha value is -2.21. The van der Waals surface area contributed by atoms with E-state index in [0.29, 0.717) is 5.92 Å². The number of H-pyrrole nitrogens is 1. The molecule has 1 N–H and O–H groups in total. The predicted molar refractivity (Wildman–Crippen MR) is 97.9 cm³/mol. The normalized spacial score (nSPS) is 18.5. The Morgan fingerprint density at radius 3 is 2.76 bits per heavy atom. The van der Waals surface area contributed by atoms with Crippen LogP contribution in [0, 0.1) is 0 Å². The van der Waals surface area contributed by atoms with Crippen LogP contribution in [-0.2, 0) is 13.0 Å². The second-order valence-electron chi connectivity index (χ2n) is 7.00. The maximum absolute atomic E-state index is 12.2. The number of nitrogens with zero attached hydrogens (tertiary/aromatic N) is 4. The Labute approximate surface area is 147 Å². The SMILES string of the molecule is CCc1ncccc1CN1CCN(c2cn[nH]c(=O)c2C2CC2)CC1. The molecule has 1 saturated carbocycles. The Morgan fingerprint density at radius 1 is 1.24 bits per heavy atom. The molecule has 0 bridgehead atoms. The van der Waals surface area contributed by atoms with Gasteiger partial charge in [-0.05, 0) is 36.8 Å². The third-order valence-corrected chi connectivity index (χ3v) is 5.29. The van der Waals surface area contributed by atoms with Gasteiger partial charge in [0, 0.05) is 50.2 Å². The van der Waals surface area contributed by atoms with Crippen molar-refractivity contribution in [3.05, 3.63) is 51.7 Å². The lowest BCUT2D eigenvalue weighted by molar-refractivity contribution is 0.248. The molecule has 1 aliphatic heterocycles. The van der Waals surface area contributed by atoms with Crippen molar-refractivity contribution in [2.45, 2.75) is 38.6 Å². The molecular formula is C19H25N5O. The number of rotatable bonds is 5. The molecule has 132 valence electrons. The quantitative estimate of drug-likeness (QED) is 0.902. The number of anilines is 1. The third-order valence-electron chi connectivity index (χ3n) is 5.29. The Kier molecular flexibility index (Phi) is 4.53. The van der Waals surface area contributed by atoms with Crippen molar-refractivity contribution in [3.8, 4) is 0 Å². The molecule has 2 aromatic rings. The first-order valence-electron chi connectivity index (χ1n) is 9.24. The summed E-state index contributed by atoms with van der Waals surface area (Å²) in [5, 5.41) is 6.64. The van der Waals surface area contributed by atoms with Gasteiger partial charge in [-0.3, -0.25) is 14.7 Å². The van der Waals surface area contributed by atoms with Crippen molar-refractivity contribution in [3.63, 3.8) is 0 Å². The van der Waals surface area contributed by atoms with Crippen LogP contribution in [0.4, 0.5) is 5.69 Å². The van der Waals surface area contributed by atoms with E-state index in [9.17, 15) is 4.79 Å². The zero-order valence-corrected chi connectivity index (χ0v) is 14.7. The number of aromatic nitrogens is 3. The van der Waals surface area contributed by atoms with E-state index in [1.54, 1.807) is 0 Å². The summed E-state index contributed by atoms with van der Waals surface area (Å²) in [5.41, 5.74) is 4.51. The third kappa shape index (κ3) is 3.44. The van der Waals surface area contributed by atoms with Gasteiger partial charge in [0.1, 0.15) is 0 Å². The average molecular weight is 339 g/mol. The number of nitrogens with one attached hydrogen (secondary N) is 1. The molecule has 0 radical (unpaired) electrons. The summed E-state index contributed by atoms with van der Waals surface area (Å²) >= 11 is 0. The molecule has 0 spiro atoms. The fourth-order valence-corrected chi connectivity index (χ4v) is 3.74. The van der Waals surface area contributed by atoms with Gasteiger partial charge in [0.05, 0.1) is 11.9 Å². The van der Waals surface area contributed by atoms with E-state index in [4.69, 9.17) is 0 Å². The summed E-state index contributed by atoms with van der Waals surface area (Å²) in [6.07, 6.45) is 6.93. The lowest BCUT2D eigenvalue weighted by Gasteiger charge is -2.36. The smallest absolute Gasteiger partial charge is 0.269 e. The van der Waals surface area contributed by atoms with Crippen LogP contribution in [0.3, 0.4) is 0 Å². The molecule has 6 nitrogen and oxygen atoms in total. The molecule has 0 amide bonds. The average Bonchev–Trinajstić information content (AvgIpc) is 3.47. The highest BCUT2D eigenvalue weighted by Gasteiger charge is 2.31. The molecule has 1 aliphatic carbocycles. The van der Waals surface area contributed by atoms with Crippen molar-refractivity contribution in [2.24, 2.45) is 0 Å². The lowest BCUT2D eigenvalue weighted by atomic mass is 10.1. The zero-order valence-electron chi connectivity index (χ0n) is 14.7. The highest BCUT2D eigenvalue weighted by Crippen LogP contribution is 2.42. The number of aromatic amines is 1. The Morgan fingerprint density at radius 2 is 2.04 bits per heavy atom. The molecule has 0 atom stereocenters. The summed E-state index contributed by atoms with van der Waals surface area (Å²) in [4.78, 5) is 21.5. The monoisotopic (exact) mass is 339 g/mol. The minimum absolute atomic E-state index is 0.00891. The maximum atomic E-state index is 12.2. The second kappa shape index (κ2) is 6.96. The molecule has 2 fully saturated rings. The predicted octanol–water partition coefficient (Wildman–Crippen LogP) is 1.93. The molecule has 2 aliphatic rings. The fraction of sp³-hybridized carbons (Fsp3) is 0.526. The maximum Gasteiger partial charge on any atom is 0.269 e. The molecular weight excluding hydrogens is 314 g/mol. The van der Waals surface area contributed by atoms with Crippen molar-refractivity contribution in [1.82, 2.24) is 20.1 Å². The Balaban J connectivity index is 1.44. The van der Waals surface area contributed by atoms with Crippen LogP contribution in [0.1, 0.15) is 42.5 Å². The molecule has 0 unspecified atom stereocenters. The highest BCUT2D eigenvalue weighted by molar-refractivity contribution is 5.54. The van der Waals surface area contributed by atoms with Crippen LogP contribution < -0.4 is 10.5 Å². The van der Waals surface area contributed by atoms with Gasteiger partial charge in [-0.25, -0.2) is 5.10 Å². The van der Waals surface area contributed by atoms with Crippen LogP contribution in [-0.4, -0.2) is 46.3 Å². The van der Waals surface area contributed by atoms with Gasteiger partial charge in [-0.2, -0.15) is 5.10 Å². The van der Waals surface area contributed by atoms with Crippen molar-refractivity contribution < 1.29 is 0 Å². The van der Waals surface area contributed by atoms with Crippen molar-refractivity contribution >= 4 is 5.69 Å². The van der Waals surface area contributed by atoms with Crippen LogP contribution in [0.5, 0.6) is 0 Å². The van der Waals surface area contributed by atoms with Gasteiger partial charge in [-0.1, -0.05) is 13.0 Å². The highest BCUT2D eigenvalue weighted by atomic mass is 16.1. The van der Waals surface area contributed by atoms with Crippen molar-refractivity contribution in [1.29, 1.82) is 0 Å². The Bertz CT molecular complexity index is 790. The van der Waals surface area contributed by atoms with Gasteiger partial charge >= 0.3 is 0 Å². The van der Waals surface area contributed by atoms with E-state index in [0.717, 1.165) is 63.2 Å². The summed E-state index contributed by atoms with van der Waals surface area (Å²) < 4.78 is 0. The standard InChI is InChI=1S/C19H25N5O/c1-2-16-15(4-3-7-20-16)13-23-8-10-24(11-9-23)17-12-21-22-19(25)18(17)14-5-6-14/h3-4,7,12,14H,2,5-6,8-11,13H2,1H3,(H,22,25).